The standard InChI is InChI=1S/C29H36N8O3/c1-18-15-34(16-19(2)35(18)20(3)38)23-11-21(12-24(13-23)39-4)27-14-25(28-29(30)31-17-33-37(27)28)26-5-8-32-36(26)22-6-9-40-10-7-22/h5,8,11-14,17-19,22H,6-7,9-10,15-16H2,1-4H3,(H2,30,31,33). The van der Waals surface area contributed by atoms with E-state index < -0.39 is 0 Å². The van der Waals surface area contributed by atoms with Gasteiger partial charge in [0.25, 0.3) is 0 Å². The van der Waals surface area contributed by atoms with E-state index in [1.807, 2.05) is 33.8 Å². The summed E-state index contributed by atoms with van der Waals surface area (Å²) in [6, 6.07) is 10.8. The Morgan fingerprint density at radius 1 is 1.05 bits per heavy atom. The van der Waals surface area contributed by atoms with Crippen LogP contribution >= 0.6 is 0 Å². The molecule has 2 fully saturated rings. The quantitative estimate of drug-likeness (QED) is 0.405. The Labute approximate surface area is 233 Å². The zero-order valence-electron chi connectivity index (χ0n) is 23.4. The van der Waals surface area contributed by atoms with E-state index in [-0.39, 0.29) is 24.0 Å². The summed E-state index contributed by atoms with van der Waals surface area (Å²) in [6.45, 7) is 8.75. The molecule has 40 heavy (non-hydrogen) atoms. The molecule has 1 aromatic carbocycles. The summed E-state index contributed by atoms with van der Waals surface area (Å²) in [4.78, 5) is 20.8. The Bertz CT molecular complexity index is 1530. The van der Waals surface area contributed by atoms with Gasteiger partial charge in [0.1, 0.15) is 17.6 Å². The number of nitrogens with zero attached hydrogens (tertiary/aromatic N) is 7. The third-order valence-electron chi connectivity index (χ3n) is 8.14. The Morgan fingerprint density at radius 3 is 2.50 bits per heavy atom. The third-order valence-corrected chi connectivity index (χ3v) is 8.14. The molecule has 0 bridgehead atoms. The molecule has 2 aliphatic heterocycles. The summed E-state index contributed by atoms with van der Waals surface area (Å²) >= 11 is 0. The zero-order chi connectivity index (χ0) is 28.0. The molecule has 11 heteroatoms. The lowest BCUT2D eigenvalue weighted by molar-refractivity contribution is -0.133. The number of hydrogen-bond donors (Lipinski definition) is 1. The Morgan fingerprint density at radius 2 is 1.80 bits per heavy atom. The summed E-state index contributed by atoms with van der Waals surface area (Å²) in [6.07, 6.45) is 5.13. The summed E-state index contributed by atoms with van der Waals surface area (Å²) in [5.74, 6) is 1.25. The van der Waals surface area contributed by atoms with Crippen molar-refractivity contribution in [2.75, 3.05) is 44.0 Å². The highest BCUT2D eigenvalue weighted by atomic mass is 16.5. The highest BCUT2D eigenvalue weighted by Crippen LogP contribution is 2.39. The first-order valence-corrected chi connectivity index (χ1v) is 13.8. The number of nitrogens with two attached hydrogens (primary N) is 1. The minimum Gasteiger partial charge on any atom is -0.497 e. The Kier molecular flexibility index (Phi) is 6.83. The van der Waals surface area contributed by atoms with Gasteiger partial charge in [-0.05, 0) is 51.0 Å². The monoisotopic (exact) mass is 544 g/mol. The van der Waals surface area contributed by atoms with Crippen LogP contribution in [0.25, 0.3) is 28.0 Å². The maximum Gasteiger partial charge on any atom is 0.220 e. The molecule has 2 saturated heterocycles. The second-order valence-electron chi connectivity index (χ2n) is 10.8. The minimum absolute atomic E-state index is 0.0923. The van der Waals surface area contributed by atoms with Crippen molar-refractivity contribution in [3.63, 3.8) is 0 Å². The molecule has 6 rings (SSSR count). The number of ether oxygens (including phenoxy) is 2. The van der Waals surface area contributed by atoms with Crippen molar-refractivity contribution in [2.24, 2.45) is 0 Å². The topological polar surface area (TPSA) is 116 Å². The lowest BCUT2D eigenvalue weighted by Crippen LogP contribution is -2.58. The summed E-state index contributed by atoms with van der Waals surface area (Å²) in [5, 5.41) is 9.31. The molecule has 0 aliphatic carbocycles. The average molecular weight is 545 g/mol. The van der Waals surface area contributed by atoms with E-state index in [1.165, 1.54) is 6.33 Å². The van der Waals surface area contributed by atoms with Crippen LogP contribution in [0.2, 0.25) is 0 Å². The molecule has 0 radical (unpaired) electrons. The normalized spacial score (nSPS) is 20.3. The van der Waals surface area contributed by atoms with Crippen LogP contribution < -0.4 is 15.4 Å². The lowest BCUT2D eigenvalue weighted by atomic mass is 10.0. The van der Waals surface area contributed by atoms with Gasteiger partial charge in [-0.2, -0.15) is 10.2 Å². The van der Waals surface area contributed by atoms with Crippen molar-refractivity contribution in [3.05, 3.63) is 42.9 Å². The summed E-state index contributed by atoms with van der Waals surface area (Å²) in [5.41, 5.74) is 12.0. The van der Waals surface area contributed by atoms with E-state index in [0.29, 0.717) is 5.82 Å². The van der Waals surface area contributed by atoms with E-state index in [9.17, 15) is 4.79 Å². The number of hydrogen-bond acceptors (Lipinski definition) is 8. The van der Waals surface area contributed by atoms with Gasteiger partial charge in [0, 0.05) is 74.4 Å². The second-order valence-corrected chi connectivity index (χ2v) is 10.8. The van der Waals surface area contributed by atoms with E-state index in [2.05, 4.69) is 50.7 Å². The molecule has 2 aliphatic rings. The Balaban J connectivity index is 1.45. The molecule has 0 spiro atoms. The number of anilines is 2. The van der Waals surface area contributed by atoms with Gasteiger partial charge < -0.3 is 25.0 Å². The molecule has 0 saturated carbocycles. The molecule has 2 atom stereocenters. The molecule has 2 unspecified atom stereocenters. The van der Waals surface area contributed by atoms with E-state index in [1.54, 1.807) is 14.0 Å². The van der Waals surface area contributed by atoms with Gasteiger partial charge in [0.2, 0.25) is 5.91 Å². The van der Waals surface area contributed by atoms with Gasteiger partial charge in [-0.15, -0.1) is 0 Å². The molecule has 11 nitrogen and oxygen atoms in total. The van der Waals surface area contributed by atoms with Crippen LogP contribution in [0.1, 0.15) is 39.7 Å². The van der Waals surface area contributed by atoms with Crippen LogP contribution in [-0.4, -0.2) is 80.7 Å². The molecule has 5 heterocycles. The van der Waals surface area contributed by atoms with Crippen molar-refractivity contribution < 1.29 is 14.3 Å². The smallest absolute Gasteiger partial charge is 0.220 e. The zero-order valence-corrected chi connectivity index (χ0v) is 23.4. The Hall–Kier alpha value is -4.12. The van der Waals surface area contributed by atoms with Gasteiger partial charge >= 0.3 is 0 Å². The fourth-order valence-corrected chi connectivity index (χ4v) is 6.40. The highest BCUT2D eigenvalue weighted by Gasteiger charge is 2.32. The predicted octanol–water partition coefficient (Wildman–Crippen LogP) is 3.65. The van der Waals surface area contributed by atoms with Crippen LogP contribution in [0, 0.1) is 0 Å². The fraction of sp³-hybridized carbons (Fsp3) is 0.448. The number of methoxy groups -OCH3 is 1. The molecule has 210 valence electrons. The highest BCUT2D eigenvalue weighted by molar-refractivity contribution is 5.91. The van der Waals surface area contributed by atoms with Crippen molar-refractivity contribution in [1.29, 1.82) is 0 Å². The first-order chi connectivity index (χ1) is 19.4. The molecular formula is C29H36N8O3. The third kappa shape index (κ3) is 4.53. The van der Waals surface area contributed by atoms with Crippen LogP contribution in [0.4, 0.5) is 11.5 Å². The number of fused-ring (bicyclic) bond motifs is 1. The van der Waals surface area contributed by atoms with Crippen molar-refractivity contribution in [1.82, 2.24) is 29.3 Å². The summed E-state index contributed by atoms with van der Waals surface area (Å²) in [7, 11) is 1.68. The molecule has 2 N–H and O–H groups in total. The van der Waals surface area contributed by atoms with E-state index in [0.717, 1.165) is 78.6 Å². The first-order valence-electron chi connectivity index (χ1n) is 13.8. The van der Waals surface area contributed by atoms with Crippen molar-refractivity contribution in [2.45, 2.75) is 51.7 Å². The van der Waals surface area contributed by atoms with E-state index in [4.69, 9.17) is 15.2 Å². The van der Waals surface area contributed by atoms with Crippen molar-refractivity contribution in [3.8, 4) is 28.3 Å². The molecule has 3 aromatic heterocycles. The largest absolute Gasteiger partial charge is 0.497 e. The molecular weight excluding hydrogens is 508 g/mol. The number of carbonyl (C=O) groups excluding carboxylic acids is 1. The van der Waals surface area contributed by atoms with Crippen LogP contribution in [0.5, 0.6) is 5.75 Å². The van der Waals surface area contributed by atoms with Crippen LogP contribution in [-0.2, 0) is 9.53 Å². The number of piperazine rings is 1. The first kappa shape index (κ1) is 26.1. The summed E-state index contributed by atoms with van der Waals surface area (Å²) < 4.78 is 15.3. The van der Waals surface area contributed by atoms with Gasteiger partial charge in [-0.3, -0.25) is 9.48 Å². The fourth-order valence-electron chi connectivity index (χ4n) is 6.40. The minimum atomic E-state index is 0.0923. The number of aromatic nitrogens is 5. The molecule has 1 amide bonds. The van der Waals surface area contributed by atoms with Gasteiger partial charge in [-0.1, -0.05) is 0 Å². The molecule has 4 aromatic rings. The van der Waals surface area contributed by atoms with Gasteiger partial charge in [0.05, 0.1) is 24.5 Å². The van der Waals surface area contributed by atoms with Gasteiger partial charge in [-0.25, -0.2) is 9.50 Å². The maximum atomic E-state index is 12.2. The lowest BCUT2D eigenvalue weighted by Gasteiger charge is -2.45. The predicted molar refractivity (Wildman–Crippen MR) is 153 cm³/mol. The van der Waals surface area contributed by atoms with Crippen LogP contribution in [0.3, 0.4) is 0 Å². The van der Waals surface area contributed by atoms with Gasteiger partial charge in [0.15, 0.2) is 5.82 Å². The second kappa shape index (κ2) is 10.5. The average Bonchev–Trinajstić information content (AvgIpc) is 3.58. The number of nitrogen functional groups attached to an aromatic ring is 1. The number of carbonyl (C=O) groups is 1. The van der Waals surface area contributed by atoms with E-state index >= 15 is 0 Å². The number of benzene rings is 1. The SMILES string of the molecule is COc1cc(-c2cc(-c3ccnn3C3CCOCC3)c3c(N)ncnn23)cc(N2CC(C)N(C(C)=O)C(C)C2)c1. The number of rotatable bonds is 5. The number of amides is 1. The maximum absolute atomic E-state index is 12.2. The van der Waals surface area contributed by atoms with Crippen LogP contribution in [0.15, 0.2) is 42.9 Å². The van der Waals surface area contributed by atoms with Crippen molar-refractivity contribution >= 4 is 22.9 Å².